The van der Waals surface area contributed by atoms with Crippen molar-refractivity contribution in [2.24, 2.45) is 0 Å². The highest BCUT2D eigenvalue weighted by Crippen LogP contribution is 2.17. The molecule has 0 saturated carbocycles. The van der Waals surface area contributed by atoms with Crippen molar-refractivity contribution in [1.82, 2.24) is 9.97 Å². The van der Waals surface area contributed by atoms with Gasteiger partial charge in [0.25, 0.3) is 0 Å². The summed E-state index contributed by atoms with van der Waals surface area (Å²) < 4.78 is 0.987. The molecule has 0 bridgehead atoms. The van der Waals surface area contributed by atoms with Crippen molar-refractivity contribution in [3.63, 3.8) is 0 Å². The molecule has 2 nitrogen and oxygen atoms in total. The fourth-order valence-corrected chi connectivity index (χ4v) is 1.65. The van der Waals surface area contributed by atoms with E-state index in [1.165, 1.54) is 0 Å². The van der Waals surface area contributed by atoms with Crippen LogP contribution in [0, 0.1) is 0 Å². The van der Waals surface area contributed by atoms with Crippen LogP contribution in [0.4, 0.5) is 0 Å². The zero-order valence-electron chi connectivity index (χ0n) is 6.07. The molecule has 0 aliphatic carbocycles. The lowest BCUT2D eigenvalue weighted by atomic mass is 10.3. The van der Waals surface area contributed by atoms with E-state index in [0.717, 1.165) is 15.9 Å². The standard InChI is InChI=1S/C8H5BrN2S/c9-6-1-2-7(10-3-6)8-4-12-5-11-8/h1-5H. The molecule has 12 heavy (non-hydrogen) atoms. The summed E-state index contributed by atoms with van der Waals surface area (Å²) in [5, 5.41) is 1.98. The lowest BCUT2D eigenvalue weighted by Crippen LogP contribution is -1.81. The highest BCUT2D eigenvalue weighted by molar-refractivity contribution is 9.10. The molecule has 4 heteroatoms. The van der Waals surface area contributed by atoms with Gasteiger partial charge in [0.15, 0.2) is 0 Å². The van der Waals surface area contributed by atoms with Crippen LogP contribution >= 0.6 is 27.3 Å². The number of hydrogen-bond acceptors (Lipinski definition) is 3. The zero-order valence-corrected chi connectivity index (χ0v) is 8.47. The molecule has 0 saturated heterocycles. The first kappa shape index (κ1) is 7.89. The minimum atomic E-state index is 0.916. The van der Waals surface area contributed by atoms with E-state index in [1.807, 2.05) is 17.5 Å². The summed E-state index contributed by atoms with van der Waals surface area (Å²) in [6.07, 6.45) is 1.77. The minimum absolute atomic E-state index is 0.916. The van der Waals surface area contributed by atoms with E-state index < -0.39 is 0 Å². The lowest BCUT2D eigenvalue weighted by molar-refractivity contribution is 1.27. The Morgan fingerprint density at radius 3 is 2.67 bits per heavy atom. The minimum Gasteiger partial charge on any atom is -0.253 e. The summed E-state index contributed by atoms with van der Waals surface area (Å²) in [6.45, 7) is 0. The Morgan fingerprint density at radius 2 is 2.08 bits per heavy atom. The number of pyridine rings is 1. The third-order valence-electron chi connectivity index (χ3n) is 1.42. The van der Waals surface area contributed by atoms with Crippen molar-refractivity contribution >= 4 is 27.3 Å². The van der Waals surface area contributed by atoms with E-state index >= 15 is 0 Å². The molecule has 0 amide bonds. The average molecular weight is 241 g/mol. The van der Waals surface area contributed by atoms with E-state index in [9.17, 15) is 0 Å². The predicted octanol–water partition coefficient (Wildman–Crippen LogP) is 2.97. The van der Waals surface area contributed by atoms with Gasteiger partial charge in [0.05, 0.1) is 16.9 Å². The summed E-state index contributed by atoms with van der Waals surface area (Å²) in [7, 11) is 0. The second-order valence-corrected chi connectivity index (χ2v) is 3.87. The SMILES string of the molecule is Brc1ccc(-c2cscn2)nc1. The molecule has 2 rings (SSSR count). The maximum absolute atomic E-state index is 4.22. The second-order valence-electron chi connectivity index (χ2n) is 2.24. The molecular weight excluding hydrogens is 236 g/mol. The Morgan fingerprint density at radius 1 is 1.17 bits per heavy atom. The third kappa shape index (κ3) is 1.54. The molecule has 0 aromatic carbocycles. The molecule has 0 fully saturated rings. The van der Waals surface area contributed by atoms with Crippen LogP contribution in [0.15, 0.2) is 33.7 Å². The van der Waals surface area contributed by atoms with Crippen LogP contribution in [-0.2, 0) is 0 Å². The van der Waals surface area contributed by atoms with Crippen molar-refractivity contribution in [1.29, 1.82) is 0 Å². The maximum Gasteiger partial charge on any atom is 0.0995 e. The number of hydrogen-bond donors (Lipinski definition) is 0. The van der Waals surface area contributed by atoms with E-state index in [2.05, 4.69) is 25.9 Å². The van der Waals surface area contributed by atoms with Crippen LogP contribution in [0.2, 0.25) is 0 Å². The van der Waals surface area contributed by atoms with Crippen LogP contribution in [0.3, 0.4) is 0 Å². The van der Waals surface area contributed by atoms with Gasteiger partial charge in [0, 0.05) is 16.0 Å². The van der Waals surface area contributed by atoms with Crippen molar-refractivity contribution in [3.8, 4) is 11.4 Å². The highest BCUT2D eigenvalue weighted by atomic mass is 79.9. The number of rotatable bonds is 1. The van der Waals surface area contributed by atoms with Gasteiger partial charge < -0.3 is 0 Å². The monoisotopic (exact) mass is 240 g/mol. The van der Waals surface area contributed by atoms with E-state index in [0.29, 0.717) is 0 Å². The molecule has 0 N–H and O–H groups in total. The van der Waals surface area contributed by atoms with Crippen LogP contribution in [0.5, 0.6) is 0 Å². The van der Waals surface area contributed by atoms with Gasteiger partial charge in [-0.25, -0.2) is 4.98 Å². The lowest BCUT2D eigenvalue weighted by Gasteiger charge is -1.94. The predicted molar refractivity (Wildman–Crippen MR) is 53.0 cm³/mol. The van der Waals surface area contributed by atoms with Gasteiger partial charge in [-0.2, -0.15) is 0 Å². The van der Waals surface area contributed by atoms with Crippen LogP contribution in [-0.4, -0.2) is 9.97 Å². The van der Waals surface area contributed by atoms with Crippen LogP contribution in [0.25, 0.3) is 11.4 Å². The van der Waals surface area contributed by atoms with Crippen molar-refractivity contribution in [2.45, 2.75) is 0 Å². The normalized spacial score (nSPS) is 10.1. The number of nitrogens with zero attached hydrogens (tertiary/aromatic N) is 2. The first-order valence-corrected chi connectivity index (χ1v) is 5.10. The molecule has 0 aliphatic rings. The molecule has 2 heterocycles. The summed E-state index contributed by atoms with van der Waals surface area (Å²) in [5.41, 5.74) is 3.66. The third-order valence-corrected chi connectivity index (χ3v) is 2.48. The number of aromatic nitrogens is 2. The Balaban J connectivity index is 2.43. The Hall–Kier alpha value is -0.740. The number of halogens is 1. The van der Waals surface area contributed by atoms with Crippen LogP contribution < -0.4 is 0 Å². The molecule has 2 aromatic heterocycles. The van der Waals surface area contributed by atoms with Crippen molar-refractivity contribution < 1.29 is 0 Å². The Labute approximate surface area is 82.4 Å². The van der Waals surface area contributed by atoms with Gasteiger partial charge in [-0.1, -0.05) is 0 Å². The summed E-state index contributed by atoms with van der Waals surface area (Å²) >= 11 is 4.90. The molecule has 0 aliphatic heterocycles. The van der Waals surface area contributed by atoms with E-state index in [4.69, 9.17) is 0 Å². The number of thiazole rings is 1. The second kappa shape index (κ2) is 3.33. The summed E-state index contributed by atoms with van der Waals surface area (Å²) in [6, 6.07) is 3.90. The molecule has 2 aromatic rings. The quantitative estimate of drug-likeness (QED) is 0.767. The molecule has 0 spiro atoms. The molecular formula is C8H5BrN2S. The highest BCUT2D eigenvalue weighted by Gasteiger charge is 1.99. The Bertz CT molecular complexity index is 355. The molecule has 0 atom stereocenters. The van der Waals surface area contributed by atoms with Crippen molar-refractivity contribution in [2.75, 3.05) is 0 Å². The van der Waals surface area contributed by atoms with Gasteiger partial charge in [0.2, 0.25) is 0 Å². The first-order valence-electron chi connectivity index (χ1n) is 3.36. The summed E-state index contributed by atoms with van der Waals surface area (Å²) in [4.78, 5) is 8.37. The fraction of sp³-hybridized carbons (Fsp3) is 0. The molecule has 60 valence electrons. The Kier molecular flexibility index (Phi) is 2.19. The maximum atomic E-state index is 4.22. The fourth-order valence-electron chi connectivity index (χ4n) is 0.866. The zero-order chi connectivity index (χ0) is 8.39. The van der Waals surface area contributed by atoms with Crippen molar-refractivity contribution in [3.05, 3.63) is 33.7 Å². The van der Waals surface area contributed by atoms with Gasteiger partial charge in [-0.15, -0.1) is 11.3 Å². The van der Waals surface area contributed by atoms with Gasteiger partial charge in [0.1, 0.15) is 0 Å². The first-order chi connectivity index (χ1) is 5.86. The van der Waals surface area contributed by atoms with E-state index in [1.54, 1.807) is 23.0 Å². The largest absolute Gasteiger partial charge is 0.253 e. The average Bonchev–Trinajstić information content (AvgIpc) is 2.58. The van der Waals surface area contributed by atoms with Gasteiger partial charge in [-0.3, -0.25) is 4.98 Å². The van der Waals surface area contributed by atoms with Crippen LogP contribution in [0.1, 0.15) is 0 Å². The van der Waals surface area contributed by atoms with Gasteiger partial charge in [-0.05, 0) is 28.1 Å². The smallest absolute Gasteiger partial charge is 0.0995 e. The van der Waals surface area contributed by atoms with E-state index in [-0.39, 0.29) is 0 Å². The molecule has 0 unspecified atom stereocenters. The summed E-state index contributed by atoms with van der Waals surface area (Å²) in [5.74, 6) is 0. The van der Waals surface area contributed by atoms with Gasteiger partial charge >= 0.3 is 0 Å². The topological polar surface area (TPSA) is 25.8 Å². The molecule has 0 radical (unpaired) electrons.